The van der Waals surface area contributed by atoms with Crippen LogP contribution < -0.4 is 16.0 Å². The fourth-order valence-electron chi connectivity index (χ4n) is 6.56. The fraction of sp³-hybridized carbons (Fsp3) is 0.500. The molecule has 3 aliphatic heterocycles. The molecule has 4 unspecified atom stereocenters. The minimum atomic E-state index is -1.06. The molecule has 0 bridgehead atoms. The lowest BCUT2D eigenvalue weighted by molar-refractivity contribution is -0.134. The first kappa shape index (κ1) is 29.0. The largest absolute Gasteiger partial charge is 0.346 e. The zero-order chi connectivity index (χ0) is 28.8. The molecule has 214 valence electrons. The molecule has 3 heterocycles. The number of hydrogen-bond donors (Lipinski definition) is 3. The Morgan fingerprint density at radius 2 is 1.85 bits per heavy atom. The number of fused-ring (bicyclic) bond motifs is 2. The Kier molecular flexibility index (Phi) is 8.05. The van der Waals surface area contributed by atoms with Gasteiger partial charge in [0.05, 0.1) is 12.6 Å². The van der Waals surface area contributed by atoms with E-state index in [1.165, 1.54) is 0 Å². The van der Waals surface area contributed by atoms with E-state index >= 15 is 0 Å². The lowest BCUT2D eigenvalue weighted by Crippen LogP contribution is -2.52. The molecule has 40 heavy (non-hydrogen) atoms. The predicted octanol–water partition coefficient (Wildman–Crippen LogP) is 3.74. The summed E-state index contributed by atoms with van der Waals surface area (Å²) < 4.78 is 0.860. The van der Waals surface area contributed by atoms with Gasteiger partial charge in [-0.25, -0.2) is 0 Å². The third-order valence-corrected chi connectivity index (χ3v) is 9.11. The van der Waals surface area contributed by atoms with Crippen LogP contribution >= 0.6 is 27.5 Å². The number of hydrogen-bond acceptors (Lipinski definition) is 5. The Morgan fingerprint density at radius 3 is 2.52 bits per heavy atom. The van der Waals surface area contributed by atoms with E-state index in [1.54, 1.807) is 17.0 Å². The Labute approximate surface area is 249 Å². The van der Waals surface area contributed by atoms with Crippen molar-refractivity contribution in [1.82, 2.24) is 20.4 Å². The number of nitrogens with one attached hydrogen (secondary N) is 3. The second-order valence-corrected chi connectivity index (χ2v) is 13.8. The van der Waals surface area contributed by atoms with E-state index in [1.807, 2.05) is 37.4 Å². The Bertz CT molecular complexity index is 1320. The zero-order valence-corrected chi connectivity index (χ0v) is 25.7. The highest BCUT2D eigenvalue weighted by molar-refractivity contribution is 9.10. The summed E-state index contributed by atoms with van der Waals surface area (Å²) in [6, 6.07) is 12.2. The van der Waals surface area contributed by atoms with Gasteiger partial charge in [-0.15, -0.1) is 0 Å². The topological polar surface area (TPSA) is 93.8 Å². The second-order valence-electron chi connectivity index (χ2n) is 12.4. The quantitative estimate of drug-likeness (QED) is 0.468. The number of amides is 3. The molecule has 3 aliphatic rings. The van der Waals surface area contributed by atoms with Gasteiger partial charge in [0.25, 0.3) is 0 Å². The van der Waals surface area contributed by atoms with E-state index in [0.29, 0.717) is 30.2 Å². The van der Waals surface area contributed by atoms with Crippen molar-refractivity contribution in [3.63, 3.8) is 0 Å². The average molecular weight is 631 g/mol. The number of carbonyl (C=O) groups excluding carboxylic acids is 3. The first-order valence-corrected chi connectivity index (χ1v) is 14.9. The third kappa shape index (κ3) is 5.41. The molecule has 10 heteroatoms. The maximum absolute atomic E-state index is 14.2. The minimum absolute atomic E-state index is 0.0821. The van der Waals surface area contributed by atoms with Gasteiger partial charge in [-0.1, -0.05) is 66.5 Å². The number of halogens is 2. The van der Waals surface area contributed by atoms with Gasteiger partial charge < -0.3 is 25.8 Å². The summed E-state index contributed by atoms with van der Waals surface area (Å²) in [5, 5.41) is 10.1. The van der Waals surface area contributed by atoms with Crippen molar-refractivity contribution in [2.24, 2.45) is 5.41 Å². The second kappa shape index (κ2) is 11.1. The van der Waals surface area contributed by atoms with E-state index in [9.17, 15) is 14.4 Å². The van der Waals surface area contributed by atoms with Gasteiger partial charge in [0.2, 0.25) is 17.7 Å². The molecule has 3 N–H and O–H groups in total. The van der Waals surface area contributed by atoms with Crippen LogP contribution in [0.15, 0.2) is 46.9 Å². The Hall–Kier alpha value is -2.46. The molecule has 0 aliphatic carbocycles. The summed E-state index contributed by atoms with van der Waals surface area (Å²) in [4.78, 5) is 45.1. The molecule has 4 atom stereocenters. The number of anilines is 1. The molecule has 1 spiro atoms. The van der Waals surface area contributed by atoms with Crippen molar-refractivity contribution in [2.45, 2.75) is 50.6 Å². The van der Waals surface area contributed by atoms with E-state index in [4.69, 9.17) is 11.6 Å². The number of nitrogens with zero attached hydrogens (tertiary/aromatic N) is 2. The normalized spacial score (nSPS) is 26.6. The molecule has 8 nitrogen and oxygen atoms in total. The summed E-state index contributed by atoms with van der Waals surface area (Å²) in [7, 11) is 2.03. The Balaban J connectivity index is 1.54. The fourth-order valence-corrected chi connectivity index (χ4v) is 7.15. The number of likely N-dealkylation sites (N-methyl/N-ethyl adjacent to an activating group) is 1. The standard InChI is InChI=1S/C30H37BrClN5O3/c1-29(2,3)16-23-30(21-9-8-20(32)15-22(21)34-28(30)40)25(18-6-5-7-19(31)14-18)26(35-23)27(39)33-17-24(38)37-12-10-36(4)11-13-37/h5-9,14-15,23,25-26,35H,10-13,16-17H2,1-4H3,(H,33,39)(H,34,40). The molecule has 2 saturated heterocycles. The predicted molar refractivity (Wildman–Crippen MR) is 161 cm³/mol. The molecule has 0 saturated carbocycles. The monoisotopic (exact) mass is 629 g/mol. The van der Waals surface area contributed by atoms with Crippen LogP contribution in [0.3, 0.4) is 0 Å². The summed E-state index contributed by atoms with van der Waals surface area (Å²) in [5.74, 6) is -1.07. The number of rotatable bonds is 5. The van der Waals surface area contributed by atoms with Crippen molar-refractivity contribution < 1.29 is 14.4 Å². The number of carbonyl (C=O) groups is 3. The summed E-state index contributed by atoms with van der Waals surface area (Å²) >= 11 is 9.92. The highest BCUT2D eigenvalue weighted by Gasteiger charge is 2.65. The van der Waals surface area contributed by atoms with Crippen molar-refractivity contribution in [3.05, 3.63) is 63.1 Å². The van der Waals surface area contributed by atoms with Gasteiger partial charge in [-0.2, -0.15) is 0 Å². The molecular weight excluding hydrogens is 594 g/mol. The summed E-state index contributed by atoms with van der Waals surface area (Å²) in [6.45, 7) is 9.22. The molecule has 3 amide bonds. The lowest BCUT2D eigenvalue weighted by Gasteiger charge is -2.37. The van der Waals surface area contributed by atoms with Crippen LogP contribution in [0.1, 0.15) is 44.2 Å². The highest BCUT2D eigenvalue weighted by Crippen LogP contribution is 2.56. The summed E-state index contributed by atoms with van der Waals surface area (Å²) in [5.41, 5.74) is 1.17. The van der Waals surface area contributed by atoms with Crippen LogP contribution in [0.2, 0.25) is 5.02 Å². The van der Waals surface area contributed by atoms with Crippen LogP contribution in [0, 0.1) is 5.41 Å². The maximum atomic E-state index is 14.2. The average Bonchev–Trinajstić information content (AvgIpc) is 3.36. The molecule has 2 fully saturated rings. The van der Waals surface area contributed by atoms with Gasteiger partial charge >= 0.3 is 0 Å². The van der Waals surface area contributed by atoms with Gasteiger partial charge in [-0.05, 0) is 54.3 Å². The van der Waals surface area contributed by atoms with E-state index in [-0.39, 0.29) is 35.7 Å². The number of benzene rings is 2. The van der Waals surface area contributed by atoms with Gasteiger partial charge in [0, 0.05) is 53.3 Å². The smallest absolute Gasteiger partial charge is 0.242 e. The van der Waals surface area contributed by atoms with E-state index in [0.717, 1.165) is 28.7 Å². The number of piperazine rings is 1. The van der Waals surface area contributed by atoms with Gasteiger partial charge in [0.1, 0.15) is 5.41 Å². The molecule has 5 rings (SSSR count). The van der Waals surface area contributed by atoms with Crippen LogP contribution in [-0.2, 0) is 19.8 Å². The van der Waals surface area contributed by atoms with Crippen molar-refractivity contribution in [3.8, 4) is 0 Å². The summed E-state index contributed by atoms with van der Waals surface area (Å²) in [6.07, 6.45) is 0.650. The van der Waals surface area contributed by atoms with Gasteiger partial charge in [-0.3, -0.25) is 14.4 Å². The first-order chi connectivity index (χ1) is 18.9. The van der Waals surface area contributed by atoms with Crippen LogP contribution in [0.25, 0.3) is 0 Å². The molecule has 2 aromatic rings. The van der Waals surface area contributed by atoms with Crippen molar-refractivity contribution >= 4 is 50.9 Å². The lowest BCUT2D eigenvalue weighted by atomic mass is 9.62. The minimum Gasteiger partial charge on any atom is -0.346 e. The van der Waals surface area contributed by atoms with E-state index < -0.39 is 17.4 Å². The zero-order valence-electron chi connectivity index (χ0n) is 23.4. The molecular formula is C30H37BrClN5O3. The molecule has 2 aromatic carbocycles. The highest BCUT2D eigenvalue weighted by atomic mass is 79.9. The maximum Gasteiger partial charge on any atom is 0.242 e. The van der Waals surface area contributed by atoms with Crippen LogP contribution in [-0.4, -0.2) is 79.4 Å². The molecule has 0 aromatic heterocycles. The Morgan fingerprint density at radius 1 is 1.12 bits per heavy atom. The SMILES string of the molecule is CN1CCN(C(=O)CNC(=O)C2NC(CC(C)(C)C)C3(C(=O)Nc4cc(Cl)ccc43)C2c2cccc(Br)c2)CC1. The van der Waals surface area contributed by atoms with Gasteiger partial charge in [0.15, 0.2) is 0 Å². The van der Waals surface area contributed by atoms with Crippen LogP contribution in [0.5, 0.6) is 0 Å². The molecule has 0 radical (unpaired) electrons. The van der Waals surface area contributed by atoms with Crippen molar-refractivity contribution in [2.75, 3.05) is 45.1 Å². The van der Waals surface area contributed by atoms with Crippen molar-refractivity contribution in [1.29, 1.82) is 0 Å². The van der Waals surface area contributed by atoms with E-state index in [2.05, 4.69) is 57.6 Å². The third-order valence-electron chi connectivity index (χ3n) is 8.38. The first-order valence-electron chi connectivity index (χ1n) is 13.8. The van der Waals surface area contributed by atoms with Crippen LogP contribution in [0.4, 0.5) is 5.69 Å².